The predicted octanol–water partition coefficient (Wildman–Crippen LogP) is 4.22. The Morgan fingerprint density at radius 1 is 1.22 bits per heavy atom. The molecule has 0 amide bonds. The lowest BCUT2D eigenvalue weighted by Crippen LogP contribution is -2.06. The molecule has 0 aliphatic rings. The van der Waals surface area contributed by atoms with E-state index in [-0.39, 0.29) is 5.69 Å². The summed E-state index contributed by atoms with van der Waals surface area (Å²) in [6.45, 7) is 2.26. The Balaban J connectivity index is 1.81. The van der Waals surface area contributed by atoms with E-state index in [1.165, 1.54) is 0 Å². The second kappa shape index (κ2) is 6.85. The van der Waals surface area contributed by atoms with Gasteiger partial charge in [0.15, 0.2) is 5.69 Å². The van der Waals surface area contributed by atoms with Crippen molar-refractivity contribution in [2.75, 3.05) is 7.11 Å². The number of hydrogen-bond acceptors (Lipinski definition) is 5. The van der Waals surface area contributed by atoms with Crippen molar-refractivity contribution in [3.8, 4) is 16.3 Å². The van der Waals surface area contributed by atoms with E-state index < -0.39 is 5.97 Å². The number of methoxy groups -OCH3 is 1. The van der Waals surface area contributed by atoms with Crippen molar-refractivity contribution in [2.24, 2.45) is 0 Å². The third-order valence-corrected chi connectivity index (χ3v) is 5.38. The summed E-state index contributed by atoms with van der Waals surface area (Å²) in [5.74, 6) is -0.295. The van der Waals surface area contributed by atoms with E-state index in [2.05, 4.69) is 5.10 Å². The largest absolute Gasteiger partial charge is 0.497 e. The van der Waals surface area contributed by atoms with E-state index in [9.17, 15) is 4.79 Å². The molecule has 4 aromatic rings. The van der Waals surface area contributed by atoms with Gasteiger partial charge in [-0.3, -0.25) is 4.68 Å². The molecule has 0 fully saturated rings. The summed E-state index contributed by atoms with van der Waals surface area (Å²) in [7, 11) is 1.63. The fourth-order valence-corrected chi connectivity index (χ4v) is 4.00. The zero-order valence-electron chi connectivity index (χ0n) is 14.8. The Morgan fingerprint density at radius 3 is 2.67 bits per heavy atom. The van der Waals surface area contributed by atoms with Crippen molar-refractivity contribution in [1.29, 1.82) is 0 Å². The van der Waals surface area contributed by atoms with Crippen LogP contribution < -0.4 is 4.74 Å². The van der Waals surface area contributed by atoms with Gasteiger partial charge >= 0.3 is 5.97 Å². The number of benzene rings is 2. The Labute approximate surface area is 159 Å². The number of carboxylic acid groups (broad SMARTS) is 1. The third-order valence-electron chi connectivity index (χ3n) is 4.32. The van der Waals surface area contributed by atoms with Crippen LogP contribution in [0, 0.1) is 6.92 Å². The summed E-state index contributed by atoms with van der Waals surface area (Å²) in [6.07, 6.45) is 0. The van der Waals surface area contributed by atoms with E-state index in [4.69, 9.17) is 14.8 Å². The van der Waals surface area contributed by atoms with E-state index in [1.54, 1.807) is 29.2 Å². The van der Waals surface area contributed by atoms with Crippen LogP contribution in [0.25, 0.3) is 20.8 Å². The Hall–Kier alpha value is -3.19. The van der Waals surface area contributed by atoms with Crippen LogP contribution in [0.1, 0.15) is 21.7 Å². The highest BCUT2D eigenvalue weighted by Gasteiger charge is 2.15. The number of fused-ring (bicyclic) bond motifs is 1. The number of carbonyl (C=O) groups is 1. The smallest absolute Gasteiger partial charge is 0.356 e. The van der Waals surface area contributed by atoms with Crippen molar-refractivity contribution in [3.05, 3.63) is 65.5 Å². The van der Waals surface area contributed by atoms with Crippen molar-refractivity contribution in [2.45, 2.75) is 13.5 Å². The highest BCUT2D eigenvalue weighted by atomic mass is 32.1. The molecular formula is C20H17N3O3S. The van der Waals surface area contributed by atoms with Gasteiger partial charge in [-0.05, 0) is 25.1 Å². The van der Waals surface area contributed by atoms with Crippen LogP contribution in [0.15, 0.2) is 48.5 Å². The molecule has 0 saturated carbocycles. The van der Waals surface area contributed by atoms with E-state index in [0.717, 1.165) is 37.8 Å². The molecule has 7 heteroatoms. The highest BCUT2D eigenvalue weighted by molar-refractivity contribution is 7.21. The summed E-state index contributed by atoms with van der Waals surface area (Å²) >= 11 is 1.60. The molecule has 2 heterocycles. The molecule has 2 aromatic heterocycles. The van der Waals surface area contributed by atoms with Crippen molar-refractivity contribution in [3.63, 3.8) is 0 Å². The summed E-state index contributed by atoms with van der Waals surface area (Å²) in [5.41, 5.74) is 3.70. The molecule has 0 unspecified atom stereocenters. The third kappa shape index (κ3) is 3.29. The molecule has 27 heavy (non-hydrogen) atoms. The quantitative estimate of drug-likeness (QED) is 0.562. The van der Waals surface area contributed by atoms with Gasteiger partial charge < -0.3 is 9.84 Å². The summed E-state index contributed by atoms with van der Waals surface area (Å²) in [5, 5.41) is 14.3. The van der Waals surface area contributed by atoms with Crippen LogP contribution in [-0.2, 0) is 6.54 Å². The zero-order chi connectivity index (χ0) is 19.0. The van der Waals surface area contributed by atoms with E-state index in [1.807, 2.05) is 49.4 Å². The first-order chi connectivity index (χ1) is 13.0. The van der Waals surface area contributed by atoms with Gasteiger partial charge in [0, 0.05) is 16.8 Å². The standard InChI is InChI=1S/C20H17N3O3S/c1-12-8-16(20(24)25)22-23(12)11-14-9-15(26-2)10-17-18(14)21-19(27-17)13-6-4-3-5-7-13/h3-10H,11H2,1-2H3,(H,24,25). The minimum Gasteiger partial charge on any atom is -0.497 e. The van der Waals surface area contributed by atoms with Gasteiger partial charge in [-0.15, -0.1) is 11.3 Å². The van der Waals surface area contributed by atoms with E-state index in [0.29, 0.717) is 6.54 Å². The minimum absolute atomic E-state index is 0.0369. The lowest BCUT2D eigenvalue weighted by Gasteiger charge is -2.08. The van der Waals surface area contributed by atoms with Gasteiger partial charge in [0.2, 0.25) is 0 Å². The minimum atomic E-state index is -1.03. The number of hydrogen-bond donors (Lipinski definition) is 1. The second-order valence-electron chi connectivity index (χ2n) is 6.15. The van der Waals surface area contributed by atoms with E-state index >= 15 is 0 Å². The van der Waals surface area contributed by atoms with Crippen LogP contribution in [0.2, 0.25) is 0 Å². The number of rotatable bonds is 5. The van der Waals surface area contributed by atoms with Crippen molar-refractivity contribution >= 4 is 27.5 Å². The lowest BCUT2D eigenvalue weighted by molar-refractivity contribution is 0.0689. The lowest BCUT2D eigenvalue weighted by atomic mass is 10.1. The number of nitrogens with zero attached hydrogens (tertiary/aromatic N) is 3. The molecular weight excluding hydrogens is 362 g/mol. The van der Waals surface area contributed by atoms with Crippen LogP contribution in [-0.4, -0.2) is 33.0 Å². The zero-order valence-corrected chi connectivity index (χ0v) is 15.7. The molecule has 0 bridgehead atoms. The number of ether oxygens (including phenoxy) is 1. The SMILES string of the molecule is COc1cc(Cn2nc(C(=O)O)cc2C)c2nc(-c3ccccc3)sc2c1. The van der Waals surface area contributed by atoms with Crippen LogP contribution >= 0.6 is 11.3 Å². The molecule has 1 N–H and O–H groups in total. The van der Waals surface area contributed by atoms with Gasteiger partial charge in [-0.25, -0.2) is 9.78 Å². The second-order valence-corrected chi connectivity index (χ2v) is 7.18. The number of carboxylic acids is 1. The Morgan fingerprint density at radius 2 is 2.00 bits per heavy atom. The molecule has 0 saturated heterocycles. The van der Waals surface area contributed by atoms with Gasteiger partial charge in [0.1, 0.15) is 10.8 Å². The number of aromatic nitrogens is 3. The fourth-order valence-electron chi connectivity index (χ4n) is 2.95. The number of aromatic carboxylic acids is 1. The van der Waals surface area contributed by atoms with Crippen molar-refractivity contribution in [1.82, 2.24) is 14.8 Å². The molecule has 4 rings (SSSR count). The van der Waals surface area contributed by atoms with Gasteiger partial charge in [0.25, 0.3) is 0 Å². The maximum Gasteiger partial charge on any atom is 0.356 e. The topological polar surface area (TPSA) is 77.2 Å². The maximum atomic E-state index is 11.2. The van der Waals surface area contributed by atoms with Crippen LogP contribution in [0.4, 0.5) is 0 Å². The van der Waals surface area contributed by atoms with Gasteiger partial charge in [-0.1, -0.05) is 30.3 Å². The normalized spacial score (nSPS) is 11.0. The predicted molar refractivity (Wildman–Crippen MR) is 105 cm³/mol. The Bertz CT molecular complexity index is 1130. The molecule has 6 nitrogen and oxygen atoms in total. The summed E-state index contributed by atoms with van der Waals surface area (Å²) in [4.78, 5) is 16.0. The number of thiazole rings is 1. The summed E-state index contributed by atoms with van der Waals surface area (Å²) < 4.78 is 8.14. The first kappa shape index (κ1) is 17.2. The van der Waals surface area contributed by atoms with Crippen LogP contribution in [0.5, 0.6) is 5.75 Å². The highest BCUT2D eigenvalue weighted by Crippen LogP contribution is 2.35. The number of aryl methyl sites for hydroxylation is 1. The molecule has 0 spiro atoms. The van der Waals surface area contributed by atoms with Crippen molar-refractivity contribution < 1.29 is 14.6 Å². The molecule has 0 atom stereocenters. The molecule has 0 aliphatic heterocycles. The molecule has 0 radical (unpaired) electrons. The fraction of sp³-hybridized carbons (Fsp3) is 0.150. The monoisotopic (exact) mass is 379 g/mol. The average Bonchev–Trinajstić information content (AvgIpc) is 3.26. The maximum absolute atomic E-state index is 11.2. The average molecular weight is 379 g/mol. The first-order valence-electron chi connectivity index (χ1n) is 8.36. The Kier molecular flexibility index (Phi) is 4.37. The first-order valence-corrected chi connectivity index (χ1v) is 9.17. The summed E-state index contributed by atoms with van der Waals surface area (Å²) in [6, 6.07) is 15.5. The van der Waals surface area contributed by atoms with Gasteiger partial charge in [-0.2, -0.15) is 5.10 Å². The van der Waals surface area contributed by atoms with Crippen LogP contribution in [0.3, 0.4) is 0 Å². The van der Waals surface area contributed by atoms with Gasteiger partial charge in [0.05, 0.1) is 23.9 Å². The molecule has 0 aliphatic carbocycles. The molecule has 2 aromatic carbocycles. The molecule has 136 valence electrons.